The highest BCUT2D eigenvalue weighted by Gasteiger charge is 2.37. The Hall–Kier alpha value is -0.610. The van der Waals surface area contributed by atoms with E-state index in [0.717, 1.165) is 13.1 Å². The molecule has 0 aromatic heterocycles. The molecule has 0 amide bonds. The minimum atomic E-state index is -0.0816. The number of methoxy groups -OCH3 is 1. The van der Waals surface area contributed by atoms with Crippen LogP contribution in [0.2, 0.25) is 0 Å². The van der Waals surface area contributed by atoms with Crippen LogP contribution in [0.4, 0.5) is 0 Å². The van der Waals surface area contributed by atoms with Gasteiger partial charge in [0.2, 0.25) is 0 Å². The number of hydrogen-bond acceptors (Lipinski definition) is 4. The monoisotopic (exact) mass is 254 g/mol. The summed E-state index contributed by atoms with van der Waals surface area (Å²) in [6.07, 6.45) is 6.95. The zero-order valence-corrected chi connectivity index (χ0v) is 11.7. The van der Waals surface area contributed by atoms with Crippen molar-refractivity contribution in [2.45, 2.75) is 63.6 Å². The van der Waals surface area contributed by atoms with Crippen LogP contribution in [0.1, 0.15) is 45.4 Å². The number of nitrogens with one attached hydrogen (secondary N) is 1. The lowest BCUT2D eigenvalue weighted by molar-refractivity contribution is -0.141. The summed E-state index contributed by atoms with van der Waals surface area (Å²) in [5.74, 6) is -0.0816. The van der Waals surface area contributed by atoms with Crippen molar-refractivity contribution in [1.29, 1.82) is 0 Å². The Morgan fingerprint density at radius 1 is 1.33 bits per heavy atom. The minimum absolute atomic E-state index is 0.0816. The number of rotatable bonds is 5. The second-order valence-electron chi connectivity index (χ2n) is 5.53. The first-order chi connectivity index (χ1) is 8.74. The molecule has 0 aliphatic carbocycles. The van der Waals surface area contributed by atoms with Crippen LogP contribution in [0.3, 0.4) is 0 Å². The molecule has 0 aromatic carbocycles. The normalized spacial score (nSPS) is 32.2. The van der Waals surface area contributed by atoms with Gasteiger partial charge in [0.25, 0.3) is 0 Å². The molecular formula is C14H26N2O2. The lowest BCUT2D eigenvalue weighted by atomic mass is 9.81. The van der Waals surface area contributed by atoms with E-state index < -0.39 is 0 Å². The van der Waals surface area contributed by atoms with E-state index in [9.17, 15) is 4.79 Å². The Labute approximate surface area is 110 Å². The number of fused-ring (bicyclic) bond motifs is 2. The van der Waals surface area contributed by atoms with E-state index >= 15 is 0 Å². The van der Waals surface area contributed by atoms with Gasteiger partial charge in [-0.25, -0.2) is 0 Å². The number of ether oxygens (including phenoxy) is 1. The molecule has 2 unspecified atom stereocenters. The molecule has 2 atom stereocenters. The number of nitrogens with zero attached hydrogens (tertiary/aromatic N) is 1. The number of hydrogen-bond donors (Lipinski definition) is 1. The lowest BCUT2D eigenvalue weighted by Crippen LogP contribution is -2.56. The molecule has 0 aromatic rings. The molecule has 2 fully saturated rings. The summed E-state index contributed by atoms with van der Waals surface area (Å²) in [5.41, 5.74) is 0. The highest BCUT2D eigenvalue weighted by molar-refractivity contribution is 5.69. The number of carbonyl (C=O) groups excluding carboxylic acids is 1. The van der Waals surface area contributed by atoms with Crippen molar-refractivity contribution < 1.29 is 9.53 Å². The second-order valence-corrected chi connectivity index (χ2v) is 5.53. The van der Waals surface area contributed by atoms with E-state index in [4.69, 9.17) is 4.74 Å². The Bertz CT molecular complexity index is 269. The van der Waals surface area contributed by atoms with Crippen LogP contribution >= 0.6 is 0 Å². The molecule has 2 heterocycles. The molecule has 2 bridgehead atoms. The molecule has 2 rings (SSSR count). The zero-order chi connectivity index (χ0) is 13.0. The van der Waals surface area contributed by atoms with Gasteiger partial charge in [0, 0.05) is 24.7 Å². The van der Waals surface area contributed by atoms with Crippen molar-refractivity contribution in [3.8, 4) is 0 Å². The van der Waals surface area contributed by atoms with Crippen molar-refractivity contribution in [3.05, 3.63) is 0 Å². The largest absolute Gasteiger partial charge is 0.469 e. The summed E-state index contributed by atoms with van der Waals surface area (Å²) >= 11 is 0. The third kappa shape index (κ3) is 3.23. The van der Waals surface area contributed by atoms with Crippen LogP contribution in [-0.4, -0.2) is 49.2 Å². The molecular weight excluding hydrogens is 228 g/mol. The number of carbonyl (C=O) groups is 1. The van der Waals surface area contributed by atoms with Crippen LogP contribution in [-0.2, 0) is 9.53 Å². The minimum Gasteiger partial charge on any atom is -0.469 e. The maximum atomic E-state index is 11.3. The van der Waals surface area contributed by atoms with Crippen molar-refractivity contribution in [2.75, 3.05) is 20.2 Å². The van der Waals surface area contributed by atoms with Crippen LogP contribution in [0.25, 0.3) is 0 Å². The highest BCUT2D eigenvalue weighted by atomic mass is 16.5. The van der Waals surface area contributed by atoms with Gasteiger partial charge in [-0.05, 0) is 32.2 Å². The molecule has 0 spiro atoms. The molecule has 0 radical (unpaired) electrons. The first kappa shape index (κ1) is 13.8. The summed E-state index contributed by atoms with van der Waals surface area (Å²) in [6, 6.07) is 2.03. The Kier molecular flexibility index (Phi) is 5.01. The number of esters is 1. The predicted molar refractivity (Wildman–Crippen MR) is 71.5 cm³/mol. The molecule has 2 aliphatic heterocycles. The second kappa shape index (κ2) is 6.53. The van der Waals surface area contributed by atoms with E-state index in [1.54, 1.807) is 0 Å². The van der Waals surface area contributed by atoms with Crippen molar-refractivity contribution in [2.24, 2.45) is 0 Å². The average molecular weight is 254 g/mol. The number of piperidine rings is 2. The lowest BCUT2D eigenvalue weighted by Gasteiger charge is -2.49. The van der Waals surface area contributed by atoms with Crippen LogP contribution in [0, 0.1) is 0 Å². The zero-order valence-electron chi connectivity index (χ0n) is 11.7. The van der Waals surface area contributed by atoms with Gasteiger partial charge in [-0.1, -0.05) is 13.3 Å². The molecule has 2 aliphatic rings. The smallest absolute Gasteiger partial charge is 0.306 e. The third-order valence-electron chi connectivity index (χ3n) is 4.42. The molecule has 1 N–H and O–H groups in total. The average Bonchev–Trinajstić information content (AvgIpc) is 2.36. The maximum absolute atomic E-state index is 11.3. The van der Waals surface area contributed by atoms with E-state index in [2.05, 4.69) is 17.1 Å². The molecule has 2 saturated heterocycles. The summed E-state index contributed by atoms with van der Waals surface area (Å²) < 4.78 is 4.75. The Balaban J connectivity index is 1.89. The van der Waals surface area contributed by atoms with Crippen molar-refractivity contribution in [1.82, 2.24) is 10.2 Å². The highest BCUT2D eigenvalue weighted by Crippen LogP contribution is 2.34. The van der Waals surface area contributed by atoms with Gasteiger partial charge in [0.05, 0.1) is 13.5 Å². The molecule has 104 valence electrons. The van der Waals surface area contributed by atoms with E-state index in [0.29, 0.717) is 24.5 Å². The molecule has 4 nitrogen and oxygen atoms in total. The fourth-order valence-electron chi connectivity index (χ4n) is 3.62. The molecule has 0 saturated carbocycles. The van der Waals surface area contributed by atoms with Gasteiger partial charge < -0.3 is 10.1 Å². The van der Waals surface area contributed by atoms with Gasteiger partial charge in [0.1, 0.15) is 0 Å². The van der Waals surface area contributed by atoms with Crippen LogP contribution in [0.15, 0.2) is 0 Å². The fourth-order valence-corrected chi connectivity index (χ4v) is 3.62. The van der Waals surface area contributed by atoms with Crippen LogP contribution in [0.5, 0.6) is 0 Å². The van der Waals surface area contributed by atoms with Crippen LogP contribution < -0.4 is 5.32 Å². The first-order valence-corrected chi connectivity index (χ1v) is 7.30. The standard InChI is InChI=1S/C14H26N2O2/c1-3-15-11-9-12-5-4-6-13(10-11)16(12)8-7-14(17)18-2/h11-13,15H,3-10H2,1-2H3. The van der Waals surface area contributed by atoms with Gasteiger partial charge in [-0.3, -0.25) is 9.69 Å². The van der Waals surface area contributed by atoms with Gasteiger partial charge in [-0.15, -0.1) is 0 Å². The van der Waals surface area contributed by atoms with Crippen molar-refractivity contribution in [3.63, 3.8) is 0 Å². The summed E-state index contributed by atoms with van der Waals surface area (Å²) in [5, 5.41) is 3.59. The Morgan fingerprint density at radius 2 is 2.00 bits per heavy atom. The molecule has 4 heteroatoms. The topological polar surface area (TPSA) is 41.6 Å². The third-order valence-corrected chi connectivity index (χ3v) is 4.42. The SMILES string of the molecule is CCNC1CC2CCCC(C1)N2CCC(=O)OC. The molecule has 18 heavy (non-hydrogen) atoms. The first-order valence-electron chi connectivity index (χ1n) is 7.30. The summed E-state index contributed by atoms with van der Waals surface area (Å²) in [4.78, 5) is 13.8. The van der Waals surface area contributed by atoms with E-state index in [1.165, 1.54) is 39.2 Å². The summed E-state index contributed by atoms with van der Waals surface area (Å²) in [6.45, 7) is 4.12. The summed E-state index contributed by atoms with van der Waals surface area (Å²) in [7, 11) is 1.47. The van der Waals surface area contributed by atoms with Crippen molar-refractivity contribution >= 4 is 5.97 Å². The van der Waals surface area contributed by atoms with E-state index in [-0.39, 0.29) is 5.97 Å². The van der Waals surface area contributed by atoms with Gasteiger partial charge in [0.15, 0.2) is 0 Å². The predicted octanol–water partition coefficient (Wildman–Crippen LogP) is 1.54. The van der Waals surface area contributed by atoms with E-state index in [1.807, 2.05) is 0 Å². The Morgan fingerprint density at radius 3 is 2.56 bits per heavy atom. The maximum Gasteiger partial charge on any atom is 0.306 e. The fraction of sp³-hybridized carbons (Fsp3) is 0.929. The van der Waals surface area contributed by atoms with Gasteiger partial charge in [-0.2, -0.15) is 0 Å². The van der Waals surface area contributed by atoms with Gasteiger partial charge >= 0.3 is 5.97 Å². The quantitative estimate of drug-likeness (QED) is 0.756.